The smallest absolute Gasteiger partial charge is 0.141 e. The number of hydrogen-bond donors (Lipinski definition) is 0. The highest BCUT2D eigenvalue weighted by Gasteiger charge is 1.94. The molecule has 0 rings (SSSR count). The highest BCUT2D eigenvalue weighted by molar-refractivity contribution is 9.09. The number of ether oxygens (including phenoxy) is 1. The van der Waals surface area contributed by atoms with E-state index in [0.717, 1.165) is 5.33 Å². The first kappa shape index (κ1) is 7.93. The highest BCUT2D eigenvalue weighted by atomic mass is 79.9. The van der Waals surface area contributed by atoms with Crippen molar-refractivity contribution in [1.82, 2.24) is 0 Å². The van der Waals surface area contributed by atoms with Gasteiger partial charge in [-0.25, -0.2) is 0 Å². The van der Waals surface area contributed by atoms with Gasteiger partial charge in [-0.3, -0.25) is 0 Å². The fourth-order valence-electron chi connectivity index (χ4n) is 0.259. The molecule has 3 heteroatoms. The van der Waals surface area contributed by atoms with Crippen LogP contribution >= 0.6 is 15.9 Å². The van der Waals surface area contributed by atoms with Gasteiger partial charge in [-0.1, -0.05) is 15.9 Å². The minimum atomic E-state index is -0.271. The van der Waals surface area contributed by atoms with Gasteiger partial charge in [-0.2, -0.15) is 5.26 Å². The molecule has 0 N–H and O–H groups in total. The van der Waals surface area contributed by atoms with Crippen LogP contribution in [0, 0.1) is 11.3 Å². The van der Waals surface area contributed by atoms with Crippen molar-refractivity contribution in [3.05, 3.63) is 0 Å². The van der Waals surface area contributed by atoms with Gasteiger partial charge in [0.05, 0.1) is 12.7 Å². The SMILES string of the molecule is C[C@@H](C#N)OCCBr. The summed E-state index contributed by atoms with van der Waals surface area (Å²) in [5.41, 5.74) is 0. The molecule has 0 aromatic rings. The number of rotatable bonds is 3. The highest BCUT2D eigenvalue weighted by Crippen LogP contribution is 1.88. The first-order chi connectivity index (χ1) is 3.81. The van der Waals surface area contributed by atoms with E-state index in [1.54, 1.807) is 6.92 Å². The molecule has 0 aromatic heterocycles. The van der Waals surface area contributed by atoms with Crippen molar-refractivity contribution in [2.75, 3.05) is 11.9 Å². The lowest BCUT2D eigenvalue weighted by molar-refractivity contribution is 0.117. The largest absolute Gasteiger partial charge is 0.363 e. The second-order valence-electron chi connectivity index (χ2n) is 1.33. The van der Waals surface area contributed by atoms with Crippen LogP contribution in [0.2, 0.25) is 0 Å². The molecular weight excluding hydrogens is 170 g/mol. The minimum Gasteiger partial charge on any atom is -0.363 e. The third kappa shape index (κ3) is 4.10. The van der Waals surface area contributed by atoms with Crippen LogP contribution in [0.1, 0.15) is 6.92 Å². The number of alkyl halides is 1. The summed E-state index contributed by atoms with van der Waals surface area (Å²) in [6.07, 6.45) is -0.271. The van der Waals surface area contributed by atoms with Crippen LogP contribution in [-0.4, -0.2) is 18.0 Å². The Kier molecular flexibility index (Phi) is 5.03. The molecule has 0 radical (unpaired) electrons. The van der Waals surface area contributed by atoms with E-state index < -0.39 is 0 Å². The van der Waals surface area contributed by atoms with Crippen molar-refractivity contribution in [3.63, 3.8) is 0 Å². The van der Waals surface area contributed by atoms with Crippen LogP contribution in [0.5, 0.6) is 0 Å². The van der Waals surface area contributed by atoms with Crippen molar-refractivity contribution < 1.29 is 4.74 Å². The molecule has 0 saturated heterocycles. The molecule has 0 amide bonds. The first-order valence-electron chi connectivity index (χ1n) is 2.38. The topological polar surface area (TPSA) is 33.0 Å². The van der Waals surface area contributed by atoms with Crippen LogP contribution in [0.3, 0.4) is 0 Å². The molecule has 0 unspecified atom stereocenters. The van der Waals surface area contributed by atoms with Gasteiger partial charge in [0.25, 0.3) is 0 Å². The second-order valence-corrected chi connectivity index (χ2v) is 2.12. The van der Waals surface area contributed by atoms with Crippen LogP contribution in [0.25, 0.3) is 0 Å². The summed E-state index contributed by atoms with van der Waals surface area (Å²) in [5, 5.41) is 8.96. The van der Waals surface area contributed by atoms with Gasteiger partial charge in [0.2, 0.25) is 0 Å². The molecule has 0 aromatic carbocycles. The van der Waals surface area contributed by atoms with Gasteiger partial charge in [0.1, 0.15) is 6.10 Å². The Hall–Kier alpha value is -0.0700. The average molecular weight is 178 g/mol. The summed E-state index contributed by atoms with van der Waals surface area (Å²) in [6.45, 7) is 2.33. The summed E-state index contributed by atoms with van der Waals surface area (Å²) in [6, 6.07) is 1.96. The minimum absolute atomic E-state index is 0.271. The van der Waals surface area contributed by atoms with Crippen molar-refractivity contribution >= 4 is 15.9 Å². The van der Waals surface area contributed by atoms with Gasteiger partial charge in [0, 0.05) is 5.33 Å². The van der Waals surface area contributed by atoms with Crippen molar-refractivity contribution in [2.45, 2.75) is 13.0 Å². The lowest BCUT2D eigenvalue weighted by atomic mass is 10.5. The van der Waals surface area contributed by atoms with Crippen LogP contribution in [-0.2, 0) is 4.74 Å². The van der Waals surface area contributed by atoms with Crippen molar-refractivity contribution in [2.24, 2.45) is 0 Å². The molecule has 46 valence electrons. The van der Waals surface area contributed by atoms with Crippen LogP contribution < -0.4 is 0 Å². The summed E-state index contributed by atoms with van der Waals surface area (Å²) in [5.74, 6) is 0. The fourth-order valence-corrected chi connectivity index (χ4v) is 0.445. The number of nitrogens with zero attached hydrogens (tertiary/aromatic N) is 1. The maximum Gasteiger partial charge on any atom is 0.141 e. The summed E-state index contributed by atoms with van der Waals surface area (Å²) < 4.78 is 4.93. The Bertz CT molecular complexity index is 88.9. The van der Waals surface area contributed by atoms with Gasteiger partial charge >= 0.3 is 0 Å². The Labute approximate surface area is 57.6 Å². The zero-order valence-corrected chi connectivity index (χ0v) is 6.31. The van der Waals surface area contributed by atoms with E-state index in [4.69, 9.17) is 10.00 Å². The van der Waals surface area contributed by atoms with Crippen LogP contribution in [0.4, 0.5) is 0 Å². The lowest BCUT2D eigenvalue weighted by Crippen LogP contribution is -2.06. The number of halogens is 1. The zero-order chi connectivity index (χ0) is 6.41. The molecule has 0 saturated carbocycles. The normalized spacial score (nSPS) is 12.6. The Morgan fingerprint density at radius 1 is 1.88 bits per heavy atom. The maximum absolute atomic E-state index is 8.17. The summed E-state index contributed by atoms with van der Waals surface area (Å²) >= 11 is 3.17. The molecule has 0 fully saturated rings. The van der Waals surface area contributed by atoms with Gasteiger partial charge in [-0.05, 0) is 6.92 Å². The van der Waals surface area contributed by atoms with E-state index in [9.17, 15) is 0 Å². The molecule has 0 aliphatic carbocycles. The van der Waals surface area contributed by atoms with E-state index in [-0.39, 0.29) is 6.10 Å². The first-order valence-corrected chi connectivity index (χ1v) is 3.50. The molecule has 0 aliphatic rings. The number of hydrogen-bond acceptors (Lipinski definition) is 2. The predicted molar refractivity (Wildman–Crippen MR) is 34.8 cm³/mol. The van der Waals surface area contributed by atoms with E-state index in [0.29, 0.717) is 6.61 Å². The van der Waals surface area contributed by atoms with Crippen LogP contribution in [0.15, 0.2) is 0 Å². The van der Waals surface area contributed by atoms with E-state index in [1.807, 2.05) is 6.07 Å². The number of nitriles is 1. The standard InChI is InChI=1S/C5H8BrNO/c1-5(4-7)8-3-2-6/h5H,2-3H2,1H3/t5-/m0/s1. The van der Waals surface area contributed by atoms with E-state index >= 15 is 0 Å². The second kappa shape index (κ2) is 5.07. The molecule has 0 heterocycles. The quantitative estimate of drug-likeness (QED) is 0.610. The lowest BCUT2D eigenvalue weighted by Gasteiger charge is -1.99. The molecule has 8 heavy (non-hydrogen) atoms. The monoisotopic (exact) mass is 177 g/mol. The molecule has 2 nitrogen and oxygen atoms in total. The average Bonchev–Trinajstić information content (AvgIpc) is 1.83. The fraction of sp³-hybridized carbons (Fsp3) is 0.800. The zero-order valence-electron chi connectivity index (χ0n) is 4.72. The molecule has 0 spiro atoms. The van der Waals surface area contributed by atoms with Gasteiger partial charge in [0.15, 0.2) is 0 Å². The van der Waals surface area contributed by atoms with E-state index in [2.05, 4.69) is 15.9 Å². The van der Waals surface area contributed by atoms with Gasteiger partial charge in [-0.15, -0.1) is 0 Å². The summed E-state index contributed by atoms with van der Waals surface area (Å²) in [4.78, 5) is 0. The Morgan fingerprint density at radius 3 is 2.88 bits per heavy atom. The van der Waals surface area contributed by atoms with Crippen molar-refractivity contribution in [1.29, 1.82) is 5.26 Å². The molecule has 1 atom stereocenters. The third-order valence-corrected chi connectivity index (χ3v) is 0.951. The molecule has 0 aliphatic heterocycles. The summed E-state index contributed by atoms with van der Waals surface area (Å²) in [7, 11) is 0. The Balaban J connectivity index is 3.02. The Morgan fingerprint density at radius 2 is 2.50 bits per heavy atom. The predicted octanol–water partition coefficient (Wildman–Crippen LogP) is 1.31. The molecular formula is C5H8BrNO. The third-order valence-electron chi connectivity index (χ3n) is 0.627. The van der Waals surface area contributed by atoms with Crippen molar-refractivity contribution in [3.8, 4) is 6.07 Å². The maximum atomic E-state index is 8.17. The van der Waals surface area contributed by atoms with E-state index in [1.165, 1.54) is 0 Å². The molecule has 0 bridgehead atoms. The van der Waals surface area contributed by atoms with Gasteiger partial charge < -0.3 is 4.74 Å².